The molecule has 1 heterocycles. The second-order valence-electron chi connectivity index (χ2n) is 7.28. The minimum atomic E-state index is -4.02. The maximum atomic E-state index is 14.3. The van der Waals surface area contributed by atoms with E-state index in [-0.39, 0.29) is 36.0 Å². The topological polar surface area (TPSA) is 110 Å². The zero-order valence-corrected chi connectivity index (χ0v) is 19.4. The average molecular weight is 483 g/mol. The highest BCUT2D eigenvalue weighted by Crippen LogP contribution is 2.22. The summed E-state index contributed by atoms with van der Waals surface area (Å²) in [5, 5.41) is 2.89. The standard InChI is InChI=1S/C24H23FN4O4S/c1-4-12-33-19-10-8-18(9-11-19)27-24-20(25)15-26-22(28-24)14-17-7-6-16(3)21(13-17)34(31,32)29-23(30)5-2/h1,6-11,13,15H,5,12,14H2,2-3H3,(H,29,30)(H,26,27,28). The number of carbonyl (C=O) groups is 1. The van der Waals surface area contributed by atoms with Crippen molar-refractivity contribution in [3.05, 3.63) is 71.4 Å². The number of aromatic nitrogens is 2. The SMILES string of the molecule is C#CCOc1ccc(Nc2nc(Cc3ccc(C)c(S(=O)(=O)NC(=O)CC)c3)ncc2F)cc1. The van der Waals surface area contributed by atoms with Crippen LogP contribution in [0.25, 0.3) is 0 Å². The minimum Gasteiger partial charge on any atom is -0.481 e. The number of aryl methyl sites for hydroxylation is 1. The number of halogens is 1. The molecule has 2 N–H and O–H groups in total. The Morgan fingerprint density at radius 3 is 2.62 bits per heavy atom. The number of amides is 1. The van der Waals surface area contributed by atoms with Gasteiger partial charge in [0.25, 0.3) is 10.0 Å². The molecule has 1 amide bonds. The van der Waals surface area contributed by atoms with Gasteiger partial charge < -0.3 is 10.1 Å². The zero-order chi connectivity index (χ0) is 24.7. The predicted octanol–water partition coefficient (Wildman–Crippen LogP) is 3.49. The maximum Gasteiger partial charge on any atom is 0.264 e. The van der Waals surface area contributed by atoms with Gasteiger partial charge in [-0.3, -0.25) is 4.79 Å². The van der Waals surface area contributed by atoms with Gasteiger partial charge in [-0.2, -0.15) is 0 Å². The molecule has 1 aromatic heterocycles. The Morgan fingerprint density at radius 1 is 1.21 bits per heavy atom. The smallest absolute Gasteiger partial charge is 0.264 e. The zero-order valence-electron chi connectivity index (χ0n) is 18.6. The summed E-state index contributed by atoms with van der Waals surface area (Å²) >= 11 is 0. The molecule has 0 unspecified atom stereocenters. The first kappa shape index (κ1) is 24.7. The molecule has 0 saturated heterocycles. The predicted molar refractivity (Wildman–Crippen MR) is 126 cm³/mol. The summed E-state index contributed by atoms with van der Waals surface area (Å²) in [5.74, 6) is 1.95. The highest BCUT2D eigenvalue weighted by atomic mass is 32.2. The van der Waals surface area contributed by atoms with Gasteiger partial charge in [-0.05, 0) is 48.4 Å². The lowest BCUT2D eigenvalue weighted by Crippen LogP contribution is -2.30. The first-order valence-electron chi connectivity index (χ1n) is 10.3. The number of carbonyl (C=O) groups excluding carboxylic acids is 1. The summed E-state index contributed by atoms with van der Waals surface area (Å²) < 4.78 is 46.8. The number of nitrogens with one attached hydrogen (secondary N) is 2. The van der Waals surface area contributed by atoms with Crippen molar-refractivity contribution in [2.24, 2.45) is 0 Å². The highest BCUT2D eigenvalue weighted by molar-refractivity contribution is 7.90. The second-order valence-corrected chi connectivity index (χ2v) is 8.93. The molecule has 0 fully saturated rings. The number of hydrogen-bond acceptors (Lipinski definition) is 7. The third kappa shape index (κ3) is 6.30. The number of hydrogen-bond donors (Lipinski definition) is 2. The van der Waals surface area contributed by atoms with Gasteiger partial charge in [0.2, 0.25) is 5.91 Å². The molecule has 0 bridgehead atoms. The van der Waals surface area contributed by atoms with E-state index in [0.29, 0.717) is 22.6 Å². The lowest BCUT2D eigenvalue weighted by atomic mass is 10.1. The second kappa shape index (κ2) is 10.8. The Balaban J connectivity index is 1.80. The molecule has 8 nitrogen and oxygen atoms in total. The number of rotatable bonds is 9. The number of terminal acetylenes is 1. The molecule has 0 aliphatic rings. The summed E-state index contributed by atoms with van der Waals surface area (Å²) in [5.41, 5.74) is 1.65. The van der Waals surface area contributed by atoms with Crippen molar-refractivity contribution in [1.29, 1.82) is 0 Å². The van der Waals surface area contributed by atoms with E-state index in [1.54, 1.807) is 50.2 Å². The number of benzene rings is 2. The fourth-order valence-corrected chi connectivity index (χ4v) is 4.33. The van der Waals surface area contributed by atoms with Gasteiger partial charge in [-0.1, -0.05) is 25.0 Å². The van der Waals surface area contributed by atoms with Crippen LogP contribution in [0, 0.1) is 25.1 Å². The minimum absolute atomic E-state index is 0.0144. The number of sulfonamides is 1. The normalized spacial score (nSPS) is 10.9. The third-order valence-electron chi connectivity index (χ3n) is 4.71. The molecule has 0 atom stereocenters. The average Bonchev–Trinajstić information content (AvgIpc) is 2.81. The fourth-order valence-electron chi connectivity index (χ4n) is 2.98. The highest BCUT2D eigenvalue weighted by Gasteiger charge is 2.20. The van der Waals surface area contributed by atoms with Crippen LogP contribution in [0.1, 0.15) is 30.3 Å². The first-order chi connectivity index (χ1) is 16.2. The molecule has 0 aliphatic carbocycles. The van der Waals surface area contributed by atoms with Crippen LogP contribution >= 0.6 is 0 Å². The van der Waals surface area contributed by atoms with Gasteiger partial charge in [0, 0.05) is 18.5 Å². The van der Waals surface area contributed by atoms with Gasteiger partial charge in [0.1, 0.15) is 18.2 Å². The molecule has 0 aliphatic heterocycles. The molecule has 0 spiro atoms. The van der Waals surface area contributed by atoms with Crippen LogP contribution in [-0.4, -0.2) is 30.9 Å². The fraction of sp³-hybridized carbons (Fsp3) is 0.208. The van der Waals surface area contributed by atoms with E-state index < -0.39 is 21.7 Å². The van der Waals surface area contributed by atoms with Crippen LogP contribution in [0.15, 0.2) is 53.6 Å². The lowest BCUT2D eigenvalue weighted by Gasteiger charge is -2.12. The number of ether oxygens (including phenoxy) is 1. The van der Waals surface area contributed by atoms with Crippen LogP contribution in [0.3, 0.4) is 0 Å². The van der Waals surface area contributed by atoms with E-state index in [0.717, 1.165) is 6.20 Å². The van der Waals surface area contributed by atoms with Crippen molar-refractivity contribution in [1.82, 2.24) is 14.7 Å². The third-order valence-corrected chi connectivity index (χ3v) is 6.22. The van der Waals surface area contributed by atoms with Crippen molar-refractivity contribution in [3.63, 3.8) is 0 Å². The summed E-state index contributed by atoms with van der Waals surface area (Å²) in [6, 6.07) is 11.6. The Bertz CT molecular complexity index is 1340. The molecule has 34 heavy (non-hydrogen) atoms. The molecule has 10 heteroatoms. The molecular formula is C24H23FN4O4S. The van der Waals surface area contributed by atoms with Gasteiger partial charge in [-0.15, -0.1) is 6.42 Å². The first-order valence-corrected chi connectivity index (χ1v) is 11.8. The lowest BCUT2D eigenvalue weighted by molar-refractivity contribution is -0.119. The van der Waals surface area contributed by atoms with Crippen molar-refractivity contribution in [2.75, 3.05) is 11.9 Å². The Kier molecular flexibility index (Phi) is 7.81. The van der Waals surface area contributed by atoms with Crippen LogP contribution in [0.5, 0.6) is 5.75 Å². The summed E-state index contributed by atoms with van der Waals surface area (Å²) in [6.45, 7) is 3.34. The summed E-state index contributed by atoms with van der Waals surface area (Å²) in [6.07, 6.45) is 6.40. The van der Waals surface area contributed by atoms with Crippen LogP contribution in [-0.2, 0) is 21.2 Å². The van der Waals surface area contributed by atoms with Crippen molar-refractivity contribution in [2.45, 2.75) is 31.6 Å². The number of nitrogens with zero attached hydrogens (tertiary/aromatic N) is 2. The molecule has 176 valence electrons. The largest absolute Gasteiger partial charge is 0.481 e. The monoisotopic (exact) mass is 482 g/mol. The van der Waals surface area contributed by atoms with E-state index in [1.807, 2.05) is 4.72 Å². The van der Waals surface area contributed by atoms with E-state index in [2.05, 4.69) is 21.2 Å². The number of anilines is 2. The molecule has 3 aromatic rings. The van der Waals surface area contributed by atoms with Crippen molar-refractivity contribution in [3.8, 4) is 18.1 Å². The van der Waals surface area contributed by atoms with Crippen LogP contribution in [0.2, 0.25) is 0 Å². The molecule has 2 aromatic carbocycles. The Labute approximate surface area is 197 Å². The Hall–Kier alpha value is -3.97. The van der Waals surface area contributed by atoms with E-state index in [1.165, 1.54) is 6.07 Å². The summed E-state index contributed by atoms with van der Waals surface area (Å²) in [4.78, 5) is 19.8. The molecular weight excluding hydrogens is 459 g/mol. The molecule has 0 saturated carbocycles. The van der Waals surface area contributed by atoms with E-state index >= 15 is 0 Å². The van der Waals surface area contributed by atoms with Crippen LogP contribution < -0.4 is 14.8 Å². The quantitative estimate of drug-likeness (QED) is 0.449. The van der Waals surface area contributed by atoms with Crippen molar-refractivity contribution < 1.29 is 22.3 Å². The molecule has 0 radical (unpaired) electrons. The van der Waals surface area contributed by atoms with Crippen molar-refractivity contribution >= 4 is 27.4 Å². The van der Waals surface area contributed by atoms with Crippen LogP contribution in [0.4, 0.5) is 15.9 Å². The van der Waals surface area contributed by atoms with Gasteiger partial charge in [-0.25, -0.2) is 27.5 Å². The van der Waals surface area contributed by atoms with Gasteiger partial charge in [0.05, 0.1) is 11.1 Å². The summed E-state index contributed by atoms with van der Waals surface area (Å²) in [7, 11) is -4.02. The molecule has 3 rings (SSSR count). The van der Waals surface area contributed by atoms with E-state index in [4.69, 9.17) is 11.2 Å². The van der Waals surface area contributed by atoms with E-state index in [9.17, 15) is 17.6 Å². The van der Waals surface area contributed by atoms with Gasteiger partial charge >= 0.3 is 0 Å². The maximum absolute atomic E-state index is 14.3. The Morgan fingerprint density at radius 2 is 1.94 bits per heavy atom. The van der Waals surface area contributed by atoms with Gasteiger partial charge in [0.15, 0.2) is 11.6 Å².